The van der Waals surface area contributed by atoms with E-state index in [1.807, 2.05) is 0 Å². The van der Waals surface area contributed by atoms with Crippen molar-refractivity contribution in [3.8, 4) is 0 Å². The Labute approximate surface area is 129 Å². The van der Waals surface area contributed by atoms with Gasteiger partial charge in [0.2, 0.25) is 6.17 Å². The maximum atomic E-state index is 13.9. The first-order valence-corrected chi connectivity index (χ1v) is 6.89. The number of halogens is 2. The first-order chi connectivity index (χ1) is 11.1. The monoisotopic (exact) mass is 325 g/mol. The van der Waals surface area contributed by atoms with Crippen LogP contribution in [-0.2, 0) is 9.53 Å². The van der Waals surface area contributed by atoms with Crippen LogP contribution >= 0.6 is 0 Å². The summed E-state index contributed by atoms with van der Waals surface area (Å²) in [7, 11) is 0. The fourth-order valence-electron chi connectivity index (χ4n) is 2.31. The van der Waals surface area contributed by atoms with Crippen molar-refractivity contribution in [1.82, 2.24) is 9.91 Å². The molecule has 1 aromatic rings. The van der Waals surface area contributed by atoms with Crippen molar-refractivity contribution >= 4 is 18.0 Å². The summed E-state index contributed by atoms with van der Waals surface area (Å²) in [5.41, 5.74) is -0.275. The smallest absolute Gasteiger partial charge is 0.344 e. The van der Waals surface area contributed by atoms with Gasteiger partial charge in [-0.15, -0.1) is 0 Å². The standard InChI is InChI=1S/C13H13F2N5O3/c14-9-1-2-10(15)11(7-9)19-12(8-21)20(17-16-19)13(22)18-3-5-23-6-4-18/h1-2,7-8,12H,3-6H2. The Kier molecular flexibility index (Phi) is 4.15. The minimum atomic E-state index is -1.28. The molecule has 0 aromatic heterocycles. The lowest BCUT2D eigenvalue weighted by molar-refractivity contribution is -0.111. The maximum absolute atomic E-state index is 13.9. The maximum Gasteiger partial charge on any atom is 0.344 e. The topological polar surface area (TPSA) is 77.8 Å². The Hall–Kier alpha value is -2.62. The van der Waals surface area contributed by atoms with Crippen LogP contribution in [0.5, 0.6) is 0 Å². The summed E-state index contributed by atoms with van der Waals surface area (Å²) in [4.78, 5) is 25.2. The number of morpholine rings is 1. The number of rotatable bonds is 2. The molecular formula is C13H13F2N5O3. The molecule has 0 bridgehead atoms. The van der Waals surface area contributed by atoms with E-state index in [9.17, 15) is 18.4 Å². The Morgan fingerprint density at radius 1 is 1.26 bits per heavy atom. The predicted octanol–water partition coefficient (Wildman–Crippen LogP) is 1.35. The van der Waals surface area contributed by atoms with Crippen molar-refractivity contribution in [2.75, 3.05) is 31.3 Å². The number of aldehydes is 1. The zero-order valence-corrected chi connectivity index (χ0v) is 11.9. The first kappa shape index (κ1) is 15.3. The summed E-state index contributed by atoms with van der Waals surface area (Å²) >= 11 is 0. The Morgan fingerprint density at radius 3 is 2.70 bits per heavy atom. The van der Waals surface area contributed by atoms with E-state index in [4.69, 9.17) is 4.74 Å². The number of urea groups is 1. The third-order valence-electron chi connectivity index (χ3n) is 3.49. The largest absolute Gasteiger partial charge is 0.378 e. The van der Waals surface area contributed by atoms with Crippen molar-refractivity contribution in [1.29, 1.82) is 0 Å². The van der Waals surface area contributed by atoms with E-state index in [0.29, 0.717) is 32.6 Å². The molecule has 0 aliphatic carbocycles. The van der Waals surface area contributed by atoms with Gasteiger partial charge >= 0.3 is 6.03 Å². The molecule has 1 atom stereocenters. The van der Waals surface area contributed by atoms with E-state index in [-0.39, 0.29) is 5.69 Å². The molecule has 23 heavy (non-hydrogen) atoms. The fourth-order valence-corrected chi connectivity index (χ4v) is 2.31. The van der Waals surface area contributed by atoms with Gasteiger partial charge < -0.3 is 9.64 Å². The summed E-state index contributed by atoms with van der Waals surface area (Å²) in [5.74, 6) is -1.47. The van der Waals surface area contributed by atoms with Crippen LogP contribution < -0.4 is 5.01 Å². The quantitative estimate of drug-likeness (QED) is 0.769. The predicted molar refractivity (Wildman–Crippen MR) is 73.2 cm³/mol. The zero-order chi connectivity index (χ0) is 16.4. The van der Waals surface area contributed by atoms with Crippen molar-refractivity contribution in [3.63, 3.8) is 0 Å². The average molecular weight is 325 g/mol. The first-order valence-electron chi connectivity index (χ1n) is 6.89. The van der Waals surface area contributed by atoms with Gasteiger partial charge in [0.05, 0.1) is 13.2 Å². The van der Waals surface area contributed by atoms with Crippen LogP contribution in [0.4, 0.5) is 19.3 Å². The Balaban J connectivity index is 1.83. The summed E-state index contributed by atoms with van der Waals surface area (Å²) in [6, 6.07) is 2.19. The highest BCUT2D eigenvalue weighted by Gasteiger charge is 2.38. The second kappa shape index (κ2) is 6.24. The highest BCUT2D eigenvalue weighted by Crippen LogP contribution is 2.28. The van der Waals surface area contributed by atoms with Crippen LogP contribution in [0.15, 0.2) is 28.6 Å². The van der Waals surface area contributed by atoms with Gasteiger partial charge in [-0.1, -0.05) is 0 Å². The molecule has 3 rings (SSSR count). The number of benzene rings is 1. The number of ether oxygens (including phenoxy) is 1. The molecule has 10 heteroatoms. The van der Waals surface area contributed by atoms with E-state index in [0.717, 1.165) is 28.2 Å². The molecule has 1 aromatic carbocycles. The van der Waals surface area contributed by atoms with Crippen molar-refractivity contribution in [3.05, 3.63) is 29.8 Å². The highest BCUT2D eigenvalue weighted by molar-refractivity contribution is 5.80. The minimum absolute atomic E-state index is 0.275. The molecule has 0 radical (unpaired) electrons. The lowest BCUT2D eigenvalue weighted by atomic mass is 10.2. The van der Waals surface area contributed by atoms with E-state index in [2.05, 4.69) is 10.4 Å². The lowest BCUT2D eigenvalue weighted by Crippen LogP contribution is -2.51. The summed E-state index contributed by atoms with van der Waals surface area (Å²) < 4.78 is 32.3. The second-order valence-corrected chi connectivity index (χ2v) is 4.90. The van der Waals surface area contributed by atoms with Crippen LogP contribution in [0.25, 0.3) is 0 Å². The third kappa shape index (κ3) is 2.84. The number of anilines is 1. The molecule has 0 saturated carbocycles. The molecule has 1 unspecified atom stereocenters. The van der Waals surface area contributed by atoms with E-state index in [1.165, 1.54) is 4.90 Å². The Morgan fingerprint density at radius 2 is 2.00 bits per heavy atom. The van der Waals surface area contributed by atoms with Gasteiger partial charge in [-0.3, -0.25) is 4.79 Å². The van der Waals surface area contributed by atoms with Gasteiger partial charge in [0, 0.05) is 19.2 Å². The number of carbonyl (C=O) groups is 2. The number of hydrogen-bond donors (Lipinski definition) is 0. The average Bonchev–Trinajstić information content (AvgIpc) is 3.00. The van der Waals surface area contributed by atoms with Gasteiger partial charge in [0.1, 0.15) is 17.3 Å². The van der Waals surface area contributed by atoms with Gasteiger partial charge in [0.25, 0.3) is 0 Å². The van der Waals surface area contributed by atoms with Gasteiger partial charge in [-0.2, -0.15) is 5.01 Å². The minimum Gasteiger partial charge on any atom is -0.378 e. The van der Waals surface area contributed by atoms with Gasteiger partial charge in [0.15, 0.2) is 6.29 Å². The van der Waals surface area contributed by atoms with Crippen LogP contribution in [0.3, 0.4) is 0 Å². The summed E-state index contributed by atoms with van der Waals surface area (Å²) in [6.07, 6.45) is -0.885. The molecule has 0 spiro atoms. The van der Waals surface area contributed by atoms with Crippen LogP contribution in [0.1, 0.15) is 0 Å². The molecule has 2 aliphatic heterocycles. The number of amides is 2. The van der Waals surface area contributed by atoms with Crippen LogP contribution in [0.2, 0.25) is 0 Å². The molecule has 2 aliphatic rings. The molecule has 0 N–H and O–H groups in total. The number of carbonyl (C=O) groups excluding carboxylic acids is 2. The van der Waals surface area contributed by atoms with Crippen LogP contribution in [0, 0.1) is 11.6 Å². The molecular weight excluding hydrogens is 312 g/mol. The molecule has 2 heterocycles. The van der Waals surface area contributed by atoms with Crippen molar-refractivity contribution < 1.29 is 23.1 Å². The van der Waals surface area contributed by atoms with E-state index >= 15 is 0 Å². The Bertz CT molecular complexity index is 650. The van der Waals surface area contributed by atoms with Gasteiger partial charge in [-0.05, 0) is 22.6 Å². The number of nitrogens with zero attached hydrogens (tertiary/aromatic N) is 5. The highest BCUT2D eigenvalue weighted by atomic mass is 19.1. The van der Waals surface area contributed by atoms with E-state index in [1.54, 1.807) is 0 Å². The fraction of sp³-hybridized carbons (Fsp3) is 0.385. The SMILES string of the molecule is O=CC1N(C(=O)N2CCOCC2)N=NN1c1cc(F)ccc1F. The molecule has 122 valence electrons. The zero-order valence-electron chi connectivity index (χ0n) is 11.9. The van der Waals surface area contributed by atoms with Crippen molar-refractivity contribution in [2.45, 2.75) is 6.17 Å². The van der Waals surface area contributed by atoms with Crippen molar-refractivity contribution in [2.24, 2.45) is 10.4 Å². The lowest BCUT2D eigenvalue weighted by Gasteiger charge is -2.30. The normalized spacial score (nSPS) is 21.0. The molecule has 1 fully saturated rings. The van der Waals surface area contributed by atoms with Gasteiger partial charge in [-0.25, -0.2) is 18.6 Å². The molecule has 1 saturated heterocycles. The summed E-state index contributed by atoms with van der Waals surface area (Å²) in [6.45, 7) is 1.46. The molecule has 8 nitrogen and oxygen atoms in total. The second-order valence-electron chi connectivity index (χ2n) is 4.90. The van der Waals surface area contributed by atoms with Crippen LogP contribution in [-0.4, -0.2) is 54.7 Å². The summed E-state index contributed by atoms with van der Waals surface area (Å²) in [5, 5.41) is 8.95. The number of hydrogen-bond acceptors (Lipinski definition) is 6. The van der Waals surface area contributed by atoms with E-state index < -0.39 is 23.8 Å². The molecule has 2 amide bonds. The third-order valence-corrected chi connectivity index (χ3v) is 3.49.